The van der Waals surface area contributed by atoms with E-state index in [-0.39, 0.29) is 0 Å². The van der Waals surface area contributed by atoms with E-state index < -0.39 is 0 Å². The Kier molecular flexibility index (Phi) is 4.42. The van der Waals surface area contributed by atoms with E-state index >= 15 is 0 Å². The standard InChI is InChI=1S/C15H15IO/c1-2-12-8-14(16)10-15(9-12)17-11-13-6-4-3-5-7-13/h3-10H,2,11H2,1H3. The summed E-state index contributed by atoms with van der Waals surface area (Å²) >= 11 is 2.33. The lowest BCUT2D eigenvalue weighted by molar-refractivity contribution is 0.305. The van der Waals surface area contributed by atoms with Crippen molar-refractivity contribution in [2.45, 2.75) is 20.0 Å². The Morgan fingerprint density at radius 1 is 1.00 bits per heavy atom. The maximum atomic E-state index is 5.81. The molecule has 0 aliphatic heterocycles. The van der Waals surface area contributed by atoms with Crippen molar-refractivity contribution >= 4 is 22.6 Å². The zero-order valence-corrected chi connectivity index (χ0v) is 12.0. The molecular weight excluding hydrogens is 323 g/mol. The van der Waals surface area contributed by atoms with Gasteiger partial charge in [0.1, 0.15) is 12.4 Å². The molecule has 0 unspecified atom stereocenters. The van der Waals surface area contributed by atoms with Crippen LogP contribution < -0.4 is 4.74 Å². The molecule has 0 amide bonds. The smallest absolute Gasteiger partial charge is 0.121 e. The van der Waals surface area contributed by atoms with Gasteiger partial charge in [-0.3, -0.25) is 0 Å². The second kappa shape index (κ2) is 6.05. The number of benzene rings is 2. The minimum absolute atomic E-state index is 0.629. The zero-order valence-electron chi connectivity index (χ0n) is 9.82. The zero-order chi connectivity index (χ0) is 12.1. The normalized spacial score (nSPS) is 10.2. The van der Waals surface area contributed by atoms with Crippen LogP contribution in [-0.4, -0.2) is 0 Å². The Morgan fingerprint density at radius 2 is 1.76 bits per heavy atom. The van der Waals surface area contributed by atoms with E-state index in [4.69, 9.17) is 4.74 Å². The van der Waals surface area contributed by atoms with Crippen molar-refractivity contribution in [2.24, 2.45) is 0 Å². The van der Waals surface area contributed by atoms with E-state index in [0.717, 1.165) is 12.2 Å². The molecule has 1 nitrogen and oxygen atoms in total. The molecule has 88 valence electrons. The van der Waals surface area contributed by atoms with Crippen LogP contribution in [0.15, 0.2) is 48.5 Å². The van der Waals surface area contributed by atoms with Crippen LogP contribution in [-0.2, 0) is 13.0 Å². The summed E-state index contributed by atoms with van der Waals surface area (Å²) in [5, 5.41) is 0. The highest BCUT2D eigenvalue weighted by molar-refractivity contribution is 14.1. The van der Waals surface area contributed by atoms with Crippen molar-refractivity contribution in [3.05, 3.63) is 63.2 Å². The highest BCUT2D eigenvalue weighted by Crippen LogP contribution is 2.20. The molecule has 0 fully saturated rings. The van der Waals surface area contributed by atoms with Crippen LogP contribution in [0.5, 0.6) is 5.75 Å². The molecule has 0 aromatic heterocycles. The molecule has 0 N–H and O–H groups in total. The van der Waals surface area contributed by atoms with Gasteiger partial charge in [-0.2, -0.15) is 0 Å². The minimum Gasteiger partial charge on any atom is -0.489 e. The molecule has 0 saturated heterocycles. The fourth-order valence-electron chi connectivity index (χ4n) is 1.65. The van der Waals surface area contributed by atoms with E-state index in [1.807, 2.05) is 18.2 Å². The third kappa shape index (κ3) is 3.73. The summed E-state index contributed by atoms with van der Waals surface area (Å²) in [5.41, 5.74) is 2.52. The topological polar surface area (TPSA) is 9.23 Å². The van der Waals surface area contributed by atoms with Gasteiger partial charge in [-0.15, -0.1) is 0 Å². The molecule has 2 aromatic carbocycles. The Morgan fingerprint density at radius 3 is 2.47 bits per heavy atom. The summed E-state index contributed by atoms with van der Waals surface area (Å²) in [6.45, 7) is 2.79. The number of rotatable bonds is 4. The van der Waals surface area contributed by atoms with E-state index in [1.165, 1.54) is 14.7 Å². The lowest BCUT2D eigenvalue weighted by Crippen LogP contribution is -1.96. The molecule has 0 heterocycles. The SMILES string of the molecule is CCc1cc(I)cc(OCc2ccccc2)c1. The summed E-state index contributed by atoms with van der Waals surface area (Å²) in [6, 6.07) is 16.6. The van der Waals surface area contributed by atoms with Crippen LogP contribution in [0.1, 0.15) is 18.1 Å². The summed E-state index contributed by atoms with van der Waals surface area (Å²) in [4.78, 5) is 0. The summed E-state index contributed by atoms with van der Waals surface area (Å²) in [6.07, 6.45) is 1.04. The molecule has 0 radical (unpaired) electrons. The highest BCUT2D eigenvalue weighted by Gasteiger charge is 2.00. The van der Waals surface area contributed by atoms with Gasteiger partial charge in [0.05, 0.1) is 0 Å². The average molecular weight is 338 g/mol. The van der Waals surface area contributed by atoms with Crippen LogP contribution in [0.2, 0.25) is 0 Å². The largest absolute Gasteiger partial charge is 0.489 e. The summed E-state index contributed by atoms with van der Waals surface area (Å²) < 4.78 is 7.04. The number of ether oxygens (including phenoxy) is 1. The van der Waals surface area contributed by atoms with Crippen LogP contribution in [0.25, 0.3) is 0 Å². The van der Waals surface area contributed by atoms with Crippen LogP contribution in [0.4, 0.5) is 0 Å². The maximum Gasteiger partial charge on any atom is 0.121 e. The number of hydrogen-bond acceptors (Lipinski definition) is 1. The van der Waals surface area contributed by atoms with Crippen molar-refractivity contribution in [3.8, 4) is 5.75 Å². The quantitative estimate of drug-likeness (QED) is 0.750. The summed E-state index contributed by atoms with van der Waals surface area (Å²) in [7, 11) is 0. The second-order valence-electron chi connectivity index (χ2n) is 3.92. The number of halogens is 1. The lowest BCUT2D eigenvalue weighted by Gasteiger charge is -2.08. The van der Waals surface area contributed by atoms with E-state index in [2.05, 4.69) is 59.8 Å². The molecule has 0 atom stereocenters. The third-order valence-corrected chi connectivity index (χ3v) is 3.21. The first kappa shape index (κ1) is 12.4. The van der Waals surface area contributed by atoms with Crippen molar-refractivity contribution < 1.29 is 4.74 Å². The Labute approximate surface area is 116 Å². The Hall–Kier alpha value is -1.03. The van der Waals surface area contributed by atoms with Crippen LogP contribution >= 0.6 is 22.6 Å². The predicted octanol–water partition coefficient (Wildman–Crippen LogP) is 4.43. The molecule has 2 aromatic rings. The van der Waals surface area contributed by atoms with Gasteiger partial charge in [-0.25, -0.2) is 0 Å². The fourth-order valence-corrected chi connectivity index (χ4v) is 2.36. The molecule has 0 spiro atoms. The van der Waals surface area contributed by atoms with Crippen LogP contribution in [0.3, 0.4) is 0 Å². The van der Waals surface area contributed by atoms with Crippen molar-refractivity contribution in [2.75, 3.05) is 0 Å². The third-order valence-electron chi connectivity index (χ3n) is 2.59. The molecule has 2 heteroatoms. The predicted molar refractivity (Wildman–Crippen MR) is 79.3 cm³/mol. The van der Waals surface area contributed by atoms with Gasteiger partial charge in [-0.1, -0.05) is 37.3 Å². The average Bonchev–Trinajstić information content (AvgIpc) is 2.37. The van der Waals surface area contributed by atoms with Gasteiger partial charge in [0.2, 0.25) is 0 Å². The summed E-state index contributed by atoms with van der Waals surface area (Å²) in [5.74, 6) is 0.956. The number of hydrogen-bond donors (Lipinski definition) is 0. The van der Waals surface area contributed by atoms with Crippen molar-refractivity contribution in [1.82, 2.24) is 0 Å². The molecule has 2 rings (SSSR count). The second-order valence-corrected chi connectivity index (χ2v) is 5.17. The van der Waals surface area contributed by atoms with Gasteiger partial charge < -0.3 is 4.74 Å². The lowest BCUT2D eigenvalue weighted by atomic mass is 10.2. The van der Waals surface area contributed by atoms with Crippen molar-refractivity contribution in [1.29, 1.82) is 0 Å². The van der Waals surface area contributed by atoms with E-state index in [9.17, 15) is 0 Å². The van der Waals surface area contributed by atoms with E-state index in [0.29, 0.717) is 6.61 Å². The van der Waals surface area contributed by atoms with Crippen LogP contribution in [0, 0.1) is 3.57 Å². The molecule has 17 heavy (non-hydrogen) atoms. The van der Waals surface area contributed by atoms with Gasteiger partial charge >= 0.3 is 0 Å². The van der Waals surface area contributed by atoms with Gasteiger partial charge in [0.25, 0.3) is 0 Å². The minimum atomic E-state index is 0.629. The monoisotopic (exact) mass is 338 g/mol. The highest BCUT2D eigenvalue weighted by atomic mass is 127. The molecule has 0 aliphatic rings. The maximum absolute atomic E-state index is 5.81. The first-order valence-electron chi connectivity index (χ1n) is 5.74. The molecule has 0 bridgehead atoms. The number of aryl methyl sites for hydroxylation is 1. The first-order valence-corrected chi connectivity index (χ1v) is 6.82. The van der Waals surface area contributed by atoms with Gasteiger partial charge in [0.15, 0.2) is 0 Å². The van der Waals surface area contributed by atoms with Crippen molar-refractivity contribution in [3.63, 3.8) is 0 Å². The fraction of sp³-hybridized carbons (Fsp3) is 0.200. The van der Waals surface area contributed by atoms with Gasteiger partial charge in [-0.05, 0) is 58.3 Å². The first-order chi connectivity index (χ1) is 8.28. The molecular formula is C15H15IO. The van der Waals surface area contributed by atoms with E-state index in [1.54, 1.807) is 0 Å². The molecule has 0 saturated carbocycles. The van der Waals surface area contributed by atoms with Gasteiger partial charge in [0, 0.05) is 3.57 Å². The Bertz CT molecular complexity index is 480. The Balaban J connectivity index is 2.06. The molecule has 0 aliphatic carbocycles.